The van der Waals surface area contributed by atoms with E-state index in [2.05, 4.69) is 33.8 Å². The third kappa shape index (κ3) is 5.12. The fraction of sp³-hybridized carbons (Fsp3) is 0.520. The molecular formula is C25H38O4Si. The minimum Gasteiger partial charge on any atom is -0.468 e. The van der Waals surface area contributed by atoms with Gasteiger partial charge in [-0.05, 0) is 25.8 Å². The van der Waals surface area contributed by atoms with Gasteiger partial charge in [-0.2, -0.15) is 0 Å². The molecule has 0 fully saturated rings. The van der Waals surface area contributed by atoms with E-state index in [4.69, 9.17) is 9.47 Å². The van der Waals surface area contributed by atoms with Crippen molar-refractivity contribution < 1.29 is 19.1 Å². The molecule has 0 aliphatic carbocycles. The first kappa shape index (κ1) is 25.9. The summed E-state index contributed by atoms with van der Waals surface area (Å²) in [5, 5.41) is 1.33. The second-order valence-electron chi connectivity index (χ2n) is 7.80. The van der Waals surface area contributed by atoms with Crippen LogP contribution in [-0.4, -0.2) is 34.2 Å². The van der Waals surface area contributed by atoms with Crippen LogP contribution in [0.25, 0.3) is 0 Å². The van der Waals surface area contributed by atoms with Gasteiger partial charge in [-0.3, -0.25) is 9.59 Å². The summed E-state index contributed by atoms with van der Waals surface area (Å²) in [6.07, 6.45) is 6.13. The Bertz CT molecular complexity index is 723. The van der Waals surface area contributed by atoms with Crippen molar-refractivity contribution >= 4 is 20.0 Å². The zero-order valence-electron chi connectivity index (χ0n) is 19.7. The standard InChI is InChI=1S/C25H38O4Si/c1-8-15-22(21-16-13-12-14-17-21)25(23(26)28-6,24(27)29-7)19-18-20(5)30(9-2,10-3)11-4/h8,12-18,22H,9-11,19H2,1-7H3/b15-8+,20-18-. The van der Waals surface area contributed by atoms with Gasteiger partial charge in [0.1, 0.15) is 0 Å². The summed E-state index contributed by atoms with van der Waals surface area (Å²) in [4.78, 5) is 26.4. The van der Waals surface area contributed by atoms with Gasteiger partial charge in [0, 0.05) is 5.92 Å². The summed E-state index contributed by atoms with van der Waals surface area (Å²) in [7, 11) is 1.06. The monoisotopic (exact) mass is 430 g/mol. The minimum atomic E-state index is -1.60. The second-order valence-corrected chi connectivity index (χ2v) is 13.3. The highest BCUT2D eigenvalue weighted by Gasteiger charge is 2.53. The largest absolute Gasteiger partial charge is 0.468 e. The quantitative estimate of drug-likeness (QED) is 0.185. The van der Waals surface area contributed by atoms with Gasteiger partial charge in [0.2, 0.25) is 0 Å². The molecule has 0 heterocycles. The lowest BCUT2D eigenvalue weighted by atomic mass is 9.69. The van der Waals surface area contributed by atoms with E-state index >= 15 is 0 Å². The number of allylic oxidation sites excluding steroid dienone is 4. The van der Waals surface area contributed by atoms with E-state index < -0.39 is 31.3 Å². The predicted molar refractivity (Wildman–Crippen MR) is 126 cm³/mol. The van der Waals surface area contributed by atoms with Crippen molar-refractivity contribution in [3.8, 4) is 0 Å². The molecule has 30 heavy (non-hydrogen) atoms. The molecule has 0 aliphatic heterocycles. The number of benzene rings is 1. The summed E-state index contributed by atoms with van der Waals surface area (Å²) in [5.74, 6) is -1.63. The summed E-state index contributed by atoms with van der Waals surface area (Å²) in [6, 6.07) is 13.0. The molecule has 1 unspecified atom stereocenters. The first-order valence-corrected chi connectivity index (χ1v) is 13.5. The molecule has 4 nitrogen and oxygen atoms in total. The lowest BCUT2D eigenvalue weighted by Gasteiger charge is -2.35. The molecule has 0 radical (unpaired) electrons. The van der Waals surface area contributed by atoms with E-state index in [1.165, 1.54) is 19.4 Å². The Balaban J connectivity index is 3.71. The molecule has 1 rings (SSSR count). The first-order chi connectivity index (χ1) is 14.3. The van der Waals surface area contributed by atoms with Gasteiger partial charge in [0.05, 0.1) is 22.3 Å². The van der Waals surface area contributed by atoms with Crippen LogP contribution in [0, 0.1) is 5.41 Å². The highest BCUT2D eigenvalue weighted by molar-refractivity contribution is 6.86. The summed E-state index contributed by atoms with van der Waals surface area (Å²) >= 11 is 0. The molecule has 166 valence electrons. The highest BCUT2D eigenvalue weighted by atomic mass is 28.3. The molecule has 0 saturated heterocycles. The number of carbonyl (C=O) groups is 2. The smallest absolute Gasteiger partial charge is 0.324 e. The van der Waals surface area contributed by atoms with Crippen molar-refractivity contribution in [1.29, 1.82) is 0 Å². The van der Waals surface area contributed by atoms with Crippen molar-refractivity contribution in [2.75, 3.05) is 14.2 Å². The third-order valence-electron chi connectivity index (χ3n) is 6.77. The van der Waals surface area contributed by atoms with E-state index in [0.717, 1.165) is 23.7 Å². The van der Waals surface area contributed by atoms with Gasteiger partial charge >= 0.3 is 11.9 Å². The Hall–Kier alpha value is -2.14. The van der Waals surface area contributed by atoms with E-state index in [1.807, 2.05) is 49.4 Å². The SMILES string of the molecule is C/C=C/C(c1ccccc1)C(C/C=C(/C)[Si](CC)(CC)CC)(C(=O)OC)C(=O)OC. The Kier molecular flexibility index (Phi) is 10.3. The van der Waals surface area contributed by atoms with Crippen LogP contribution in [-0.2, 0) is 19.1 Å². The molecule has 1 aromatic rings. The van der Waals surface area contributed by atoms with Gasteiger partial charge in [0.25, 0.3) is 0 Å². The minimum absolute atomic E-state index is 0.247. The lowest BCUT2D eigenvalue weighted by molar-refractivity contribution is -0.170. The molecule has 0 aromatic heterocycles. The van der Waals surface area contributed by atoms with Crippen LogP contribution in [0.2, 0.25) is 18.1 Å². The number of hydrogen-bond donors (Lipinski definition) is 0. The van der Waals surface area contributed by atoms with E-state index in [-0.39, 0.29) is 6.42 Å². The first-order valence-electron chi connectivity index (χ1n) is 10.8. The fourth-order valence-electron chi connectivity index (χ4n) is 4.52. The highest BCUT2D eigenvalue weighted by Crippen LogP contribution is 2.44. The fourth-order valence-corrected chi connectivity index (χ4v) is 8.23. The zero-order chi connectivity index (χ0) is 22.8. The van der Waals surface area contributed by atoms with Gasteiger partial charge in [0.15, 0.2) is 5.41 Å². The predicted octanol–water partition coefficient (Wildman–Crippen LogP) is 6.06. The van der Waals surface area contributed by atoms with E-state index in [1.54, 1.807) is 0 Å². The van der Waals surface area contributed by atoms with Crippen LogP contribution in [0.1, 0.15) is 52.5 Å². The average Bonchev–Trinajstić information content (AvgIpc) is 2.79. The topological polar surface area (TPSA) is 52.6 Å². The molecular weight excluding hydrogens is 392 g/mol. The van der Waals surface area contributed by atoms with Crippen LogP contribution in [0.3, 0.4) is 0 Å². The molecule has 0 bridgehead atoms. The molecule has 5 heteroatoms. The molecule has 0 saturated carbocycles. The number of carbonyl (C=O) groups excluding carboxylic acids is 2. The van der Waals surface area contributed by atoms with Crippen LogP contribution in [0.5, 0.6) is 0 Å². The van der Waals surface area contributed by atoms with Crippen molar-refractivity contribution in [2.45, 2.75) is 65.1 Å². The summed E-state index contributed by atoms with van der Waals surface area (Å²) in [6.45, 7) is 10.8. The normalized spacial score (nSPS) is 13.9. The zero-order valence-corrected chi connectivity index (χ0v) is 20.7. The molecule has 0 aliphatic rings. The van der Waals surface area contributed by atoms with Crippen molar-refractivity contribution in [1.82, 2.24) is 0 Å². The summed E-state index contributed by atoms with van der Waals surface area (Å²) in [5.41, 5.74) is -0.601. The van der Waals surface area contributed by atoms with Crippen LogP contribution in [0.4, 0.5) is 0 Å². The maximum Gasteiger partial charge on any atom is 0.324 e. The van der Waals surface area contributed by atoms with Gasteiger partial charge < -0.3 is 9.47 Å². The number of hydrogen-bond acceptors (Lipinski definition) is 4. The van der Waals surface area contributed by atoms with Crippen LogP contribution in [0.15, 0.2) is 53.8 Å². The van der Waals surface area contributed by atoms with Gasteiger partial charge in [-0.15, -0.1) is 0 Å². The van der Waals surface area contributed by atoms with E-state index in [0.29, 0.717) is 0 Å². The average molecular weight is 431 g/mol. The molecule has 0 amide bonds. The third-order valence-corrected chi connectivity index (χ3v) is 12.7. The molecule has 0 spiro atoms. The van der Waals surface area contributed by atoms with Crippen LogP contribution >= 0.6 is 0 Å². The maximum atomic E-state index is 13.2. The molecule has 1 atom stereocenters. The lowest BCUT2D eigenvalue weighted by Crippen LogP contribution is -2.46. The Morgan fingerprint density at radius 3 is 1.90 bits per heavy atom. The van der Waals surface area contributed by atoms with Gasteiger partial charge in [-0.1, -0.05) is 92.7 Å². The van der Waals surface area contributed by atoms with Crippen molar-refractivity contribution in [3.63, 3.8) is 0 Å². The number of methoxy groups -OCH3 is 2. The van der Waals surface area contributed by atoms with Crippen molar-refractivity contribution in [3.05, 3.63) is 59.3 Å². The second kappa shape index (κ2) is 11.9. The van der Waals surface area contributed by atoms with Gasteiger partial charge in [-0.25, -0.2) is 0 Å². The summed E-state index contributed by atoms with van der Waals surface area (Å²) < 4.78 is 10.4. The number of esters is 2. The Morgan fingerprint density at radius 2 is 1.50 bits per heavy atom. The Labute approximate surface area is 183 Å². The number of ether oxygens (including phenoxy) is 2. The number of rotatable bonds is 11. The molecule has 1 aromatic carbocycles. The van der Waals surface area contributed by atoms with Crippen LogP contribution < -0.4 is 0 Å². The van der Waals surface area contributed by atoms with Crippen molar-refractivity contribution in [2.24, 2.45) is 5.41 Å². The maximum absolute atomic E-state index is 13.2. The Morgan fingerprint density at radius 1 is 1.00 bits per heavy atom. The van der Waals surface area contributed by atoms with E-state index in [9.17, 15) is 9.59 Å². The molecule has 0 N–H and O–H groups in total.